The third-order valence-corrected chi connectivity index (χ3v) is 3.00. The normalized spacial score (nSPS) is 27.8. The van der Waals surface area contributed by atoms with E-state index in [9.17, 15) is 0 Å². The van der Waals surface area contributed by atoms with Crippen LogP contribution in [0.25, 0.3) is 0 Å². The van der Waals surface area contributed by atoms with Crippen LogP contribution in [0.5, 0.6) is 0 Å². The van der Waals surface area contributed by atoms with Gasteiger partial charge >= 0.3 is 0 Å². The predicted octanol–water partition coefficient (Wildman–Crippen LogP) is 0.154. The molecule has 0 bridgehead atoms. The van der Waals surface area contributed by atoms with Crippen molar-refractivity contribution in [2.45, 2.75) is 31.3 Å². The number of aliphatic hydroxyl groups is 1. The Bertz CT molecular complexity index is 151. The van der Waals surface area contributed by atoms with E-state index in [2.05, 4.69) is 10.2 Å². The van der Waals surface area contributed by atoms with E-state index in [4.69, 9.17) is 5.11 Å². The molecule has 1 saturated carbocycles. The SMILES string of the molecule is OCCNC1(N2CCCC2)CC1. The average molecular weight is 170 g/mol. The van der Waals surface area contributed by atoms with Gasteiger partial charge in [-0.25, -0.2) is 0 Å². The summed E-state index contributed by atoms with van der Waals surface area (Å²) < 4.78 is 0. The van der Waals surface area contributed by atoms with Crippen LogP contribution in [0.3, 0.4) is 0 Å². The van der Waals surface area contributed by atoms with E-state index in [1.807, 2.05) is 0 Å². The van der Waals surface area contributed by atoms with Gasteiger partial charge in [-0.2, -0.15) is 0 Å². The lowest BCUT2D eigenvalue weighted by molar-refractivity contribution is 0.167. The fourth-order valence-corrected chi connectivity index (χ4v) is 2.16. The fourth-order valence-electron chi connectivity index (χ4n) is 2.16. The zero-order chi connectivity index (χ0) is 8.44. The maximum absolute atomic E-state index is 8.72. The molecule has 3 heteroatoms. The number of hydrogen-bond donors (Lipinski definition) is 2. The molecule has 2 rings (SSSR count). The summed E-state index contributed by atoms with van der Waals surface area (Å²) in [5.74, 6) is 0. The van der Waals surface area contributed by atoms with E-state index in [0.717, 1.165) is 6.54 Å². The number of rotatable bonds is 4. The lowest BCUT2D eigenvalue weighted by Crippen LogP contribution is -2.47. The Morgan fingerprint density at radius 2 is 1.92 bits per heavy atom. The van der Waals surface area contributed by atoms with Crippen molar-refractivity contribution in [3.63, 3.8) is 0 Å². The molecule has 0 aromatic carbocycles. The van der Waals surface area contributed by atoms with Gasteiger partial charge in [0, 0.05) is 6.54 Å². The molecule has 0 unspecified atom stereocenters. The summed E-state index contributed by atoms with van der Waals surface area (Å²) in [6, 6.07) is 0. The standard InChI is InChI=1S/C9H18N2O/c12-8-5-10-9(3-4-9)11-6-1-2-7-11/h10,12H,1-8H2. The first-order valence-electron chi connectivity index (χ1n) is 4.98. The van der Waals surface area contributed by atoms with Gasteiger partial charge in [0.2, 0.25) is 0 Å². The highest BCUT2D eigenvalue weighted by Gasteiger charge is 2.47. The van der Waals surface area contributed by atoms with Crippen molar-refractivity contribution in [1.82, 2.24) is 10.2 Å². The van der Waals surface area contributed by atoms with Crippen LogP contribution in [0, 0.1) is 0 Å². The predicted molar refractivity (Wildman–Crippen MR) is 47.9 cm³/mol. The van der Waals surface area contributed by atoms with Crippen molar-refractivity contribution in [3.8, 4) is 0 Å². The van der Waals surface area contributed by atoms with Crippen LogP contribution in [0.15, 0.2) is 0 Å². The quantitative estimate of drug-likeness (QED) is 0.630. The Labute approximate surface area is 73.8 Å². The molecular weight excluding hydrogens is 152 g/mol. The molecule has 0 aromatic rings. The topological polar surface area (TPSA) is 35.5 Å². The lowest BCUT2D eigenvalue weighted by atomic mass is 10.4. The third-order valence-electron chi connectivity index (χ3n) is 3.00. The Kier molecular flexibility index (Phi) is 2.35. The van der Waals surface area contributed by atoms with Crippen LogP contribution in [0.4, 0.5) is 0 Å². The number of aliphatic hydroxyl groups excluding tert-OH is 1. The molecule has 2 fully saturated rings. The van der Waals surface area contributed by atoms with Gasteiger partial charge in [0.05, 0.1) is 12.3 Å². The second kappa shape index (κ2) is 3.32. The van der Waals surface area contributed by atoms with Crippen LogP contribution in [-0.4, -0.2) is 41.9 Å². The van der Waals surface area contributed by atoms with E-state index < -0.39 is 0 Å². The van der Waals surface area contributed by atoms with Crippen molar-refractivity contribution in [2.75, 3.05) is 26.2 Å². The van der Waals surface area contributed by atoms with E-state index >= 15 is 0 Å². The molecule has 1 aliphatic carbocycles. The summed E-state index contributed by atoms with van der Waals surface area (Å²) in [7, 11) is 0. The summed E-state index contributed by atoms with van der Waals surface area (Å²) in [6.45, 7) is 3.50. The first kappa shape index (κ1) is 8.48. The molecule has 0 radical (unpaired) electrons. The van der Waals surface area contributed by atoms with Crippen molar-refractivity contribution in [2.24, 2.45) is 0 Å². The van der Waals surface area contributed by atoms with Gasteiger partial charge in [0.25, 0.3) is 0 Å². The minimum absolute atomic E-state index is 0.260. The molecular formula is C9H18N2O. The molecule has 1 heterocycles. The van der Waals surface area contributed by atoms with Crippen LogP contribution in [-0.2, 0) is 0 Å². The summed E-state index contributed by atoms with van der Waals surface area (Å²) in [5.41, 5.74) is 0.305. The maximum Gasteiger partial charge on any atom is 0.0715 e. The summed E-state index contributed by atoms with van der Waals surface area (Å²) in [6.07, 6.45) is 5.24. The molecule has 0 spiro atoms. The van der Waals surface area contributed by atoms with E-state index in [0.29, 0.717) is 5.66 Å². The highest BCUT2D eigenvalue weighted by Crippen LogP contribution is 2.40. The van der Waals surface area contributed by atoms with Crippen molar-refractivity contribution >= 4 is 0 Å². The highest BCUT2D eigenvalue weighted by molar-refractivity contribution is 5.02. The van der Waals surface area contributed by atoms with Gasteiger partial charge < -0.3 is 5.11 Å². The average Bonchev–Trinajstić information content (AvgIpc) is 2.66. The van der Waals surface area contributed by atoms with E-state index in [-0.39, 0.29) is 6.61 Å². The monoisotopic (exact) mass is 170 g/mol. The third kappa shape index (κ3) is 1.49. The fraction of sp³-hybridized carbons (Fsp3) is 1.00. The smallest absolute Gasteiger partial charge is 0.0715 e. The maximum atomic E-state index is 8.72. The first-order chi connectivity index (χ1) is 5.87. The molecule has 0 amide bonds. The van der Waals surface area contributed by atoms with Crippen LogP contribution in [0.1, 0.15) is 25.7 Å². The molecule has 70 valence electrons. The summed E-state index contributed by atoms with van der Waals surface area (Å²) >= 11 is 0. The van der Waals surface area contributed by atoms with Crippen molar-refractivity contribution < 1.29 is 5.11 Å². The molecule has 3 nitrogen and oxygen atoms in total. The van der Waals surface area contributed by atoms with Gasteiger partial charge in [-0.05, 0) is 38.8 Å². The zero-order valence-corrected chi connectivity index (χ0v) is 7.55. The lowest BCUT2D eigenvalue weighted by Gasteiger charge is -2.28. The van der Waals surface area contributed by atoms with Crippen LogP contribution < -0.4 is 5.32 Å². The molecule has 2 N–H and O–H groups in total. The number of nitrogens with one attached hydrogen (secondary N) is 1. The Hall–Kier alpha value is -0.120. The summed E-state index contributed by atoms with van der Waals surface area (Å²) in [4.78, 5) is 2.54. The number of hydrogen-bond acceptors (Lipinski definition) is 3. The zero-order valence-electron chi connectivity index (χ0n) is 7.55. The largest absolute Gasteiger partial charge is 0.395 e. The molecule has 0 aromatic heterocycles. The van der Waals surface area contributed by atoms with E-state index in [1.54, 1.807) is 0 Å². The second-order valence-electron chi connectivity index (χ2n) is 3.88. The first-order valence-corrected chi connectivity index (χ1v) is 4.98. The van der Waals surface area contributed by atoms with Gasteiger partial charge in [0.15, 0.2) is 0 Å². The Morgan fingerprint density at radius 1 is 1.25 bits per heavy atom. The highest BCUT2D eigenvalue weighted by atomic mass is 16.3. The molecule has 1 saturated heterocycles. The van der Waals surface area contributed by atoms with Gasteiger partial charge in [0.1, 0.15) is 0 Å². The minimum atomic E-state index is 0.260. The van der Waals surface area contributed by atoms with Gasteiger partial charge in [-0.3, -0.25) is 10.2 Å². The van der Waals surface area contributed by atoms with Crippen LogP contribution >= 0.6 is 0 Å². The second-order valence-corrected chi connectivity index (χ2v) is 3.88. The van der Waals surface area contributed by atoms with Gasteiger partial charge in [-0.15, -0.1) is 0 Å². The van der Waals surface area contributed by atoms with Crippen molar-refractivity contribution in [1.29, 1.82) is 0 Å². The summed E-state index contributed by atoms with van der Waals surface area (Å²) in [5, 5.41) is 12.2. The van der Waals surface area contributed by atoms with Gasteiger partial charge in [-0.1, -0.05) is 0 Å². The van der Waals surface area contributed by atoms with E-state index in [1.165, 1.54) is 38.8 Å². The van der Waals surface area contributed by atoms with Crippen molar-refractivity contribution in [3.05, 3.63) is 0 Å². The molecule has 2 aliphatic rings. The van der Waals surface area contributed by atoms with Crippen LogP contribution in [0.2, 0.25) is 0 Å². The molecule has 12 heavy (non-hydrogen) atoms. The number of likely N-dealkylation sites (tertiary alicyclic amines) is 1. The number of nitrogens with zero attached hydrogens (tertiary/aromatic N) is 1. The molecule has 1 aliphatic heterocycles. The molecule has 0 atom stereocenters. The minimum Gasteiger partial charge on any atom is -0.395 e. The Morgan fingerprint density at radius 3 is 2.42 bits per heavy atom. The Balaban J connectivity index is 1.83.